The summed E-state index contributed by atoms with van der Waals surface area (Å²) in [6, 6.07) is 1.98. The summed E-state index contributed by atoms with van der Waals surface area (Å²) in [4.78, 5) is 9.17. The van der Waals surface area contributed by atoms with Crippen LogP contribution in [0.2, 0.25) is 0 Å². The van der Waals surface area contributed by atoms with E-state index in [1.807, 2.05) is 13.0 Å². The second-order valence-corrected chi connectivity index (χ2v) is 6.00. The molecular formula is C14H23N3. The van der Waals surface area contributed by atoms with E-state index in [2.05, 4.69) is 23.8 Å². The van der Waals surface area contributed by atoms with Gasteiger partial charge in [-0.05, 0) is 44.1 Å². The zero-order chi connectivity index (χ0) is 12.5. The smallest absolute Gasteiger partial charge is 0.131 e. The Bertz CT molecular complexity index is 388. The third-order valence-corrected chi connectivity index (χ3v) is 3.84. The lowest BCUT2D eigenvalue weighted by atomic mass is 9.73. The monoisotopic (exact) mass is 233 g/mol. The number of hydrogen-bond donors (Lipinski definition) is 1. The third-order valence-electron chi connectivity index (χ3n) is 3.84. The molecule has 0 unspecified atom stereocenters. The van der Waals surface area contributed by atoms with Crippen molar-refractivity contribution in [1.29, 1.82) is 0 Å². The van der Waals surface area contributed by atoms with Gasteiger partial charge in [-0.1, -0.05) is 13.8 Å². The molecule has 1 aromatic heterocycles. The standard InChI is InChI=1S/C14H23N3/c1-10-8-12(9-15)17-13(16-10)11-4-6-14(2,3)7-5-11/h8,11H,4-7,9,15H2,1-3H3. The summed E-state index contributed by atoms with van der Waals surface area (Å²) in [7, 11) is 0. The van der Waals surface area contributed by atoms with Gasteiger partial charge in [-0.15, -0.1) is 0 Å². The molecule has 0 aromatic carbocycles. The number of aromatic nitrogens is 2. The lowest BCUT2D eigenvalue weighted by molar-refractivity contribution is 0.220. The molecule has 1 saturated carbocycles. The highest BCUT2D eigenvalue weighted by molar-refractivity contribution is 5.12. The minimum Gasteiger partial charge on any atom is -0.325 e. The van der Waals surface area contributed by atoms with E-state index in [-0.39, 0.29) is 0 Å². The van der Waals surface area contributed by atoms with Gasteiger partial charge in [0, 0.05) is 18.2 Å². The Kier molecular flexibility index (Phi) is 3.48. The highest BCUT2D eigenvalue weighted by Crippen LogP contribution is 2.41. The number of nitrogens with zero attached hydrogens (tertiary/aromatic N) is 2. The molecule has 0 radical (unpaired) electrons. The molecule has 2 N–H and O–H groups in total. The maximum atomic E-state index is 5.67. The van der Waals surface area contributed by atoms with Gasteiger partial charge in [-0.2, -0.15) is 0 Å². The Morgan fingerprint density at radius 2 is 1.94 bits per heavy atom. The van der Waals surface area contributed by atoms with Crippen LogP contribution in [-0.4, -0.2) is 9.97 Å². The first kappa shape index (κ1) is 12.5. The maximum absolute atomic E-state index is 5.67. The number of nitrogens with two attached hydrogens (primary N) is 1. The van der Waals surface area contributed by atoms with Crippen molar-refractivity contribution in [3.63, 3.8) is 0 Å². The fraction of sp³-hybridized carbons (Fsp3) is 0.714. The molecule has 3 nitrogen and oxygen atoms in total. The van der Waals surface area contributed by atoms with Gasteiger partial charge in [0.2, 0.25) is 0 Å². The Morgan fingerprint density at radius 3 is 2.53 bits per heavy atom. The lowest BCUT2D eigenvalue weighted by Gasteiger charge is -2.33. The molecule has 3 heteroatoms. The van der Waals surface area contributed by atoms with E-state index in [0.717, 1.165) is 17.2 Å². The van der Waals surface area contributed by atoms with Crippen LogP contribution in [0.3, 0.4) is 0 Å². The van der Waals surface area contributed by atoms with Gasteiger partial charge in [0.25, 0.3) is 0 Å². The molecule has 0 bridgehead atoms. The van der Waals surface area contributed by atoms with Crippen LogP contribution in [0.25, 0.3) is 0 Å². The average molecular weight is 233 g/mol. The van der Waals surface area contributed by atoms with Crippen molar-refractivity contribution in [2.45, 2.75) is 58.9 Å². The van der Waals surface area contributed by atoms with Crippen LogP contribution in [0.5, 0.6) is 0 Å². The number of aryl methyl sites for hydroxylation is 1. The van der Waals surface area contributed by atoms with Crippen LogP contribution in [-0.2, 0) is 6.54 Å². The summed E-state index contributed by atoms with van der Waals surface area (Å²) in [5.41, 5.74) is 8.18. The first-order valence-electron chi connectivity index (χ1n) is 6.55. The molecule has 0 saturated heterocycles. The normalized spacial score (nSPS) is 20.5. The van der Waals surface area contributed by atoms with Crippen LogP contribution in [0.15, 0.2) is 6.07 Å². The van der Waals surface area contributed by atoms with E-state index in [9.17, 15) is 0 Å². The van der Waals surface area contributed by atoms with Gasteiger partial charge < -0.3 is 5.73 Å². The minimum absolute atomic E-state index is 0.497. The minimum atomic E-state index is 0.497. The van der Waals surface area contributed by atoms with Crippen LogP contribution >= 0.6 is 0 Å². The van der Waals surface area contributed by atoms with Gasteiger partial charge in [-0.3, -0.25) is 0 Å². The van der Waals surface area contributed by atoms with Crippen LogP contribution < -0.4 is 5.73 Å². The average Bonchev–Trinajstić information content (AvgIpc) is 2.28. The molecule has 1 fully saturated rings. The Morgan fingerprint density at radius 1 is 1.29 bits per heavy atom. The molecule has 1 aliphatic rings. The summed E-state index contributed by atoms with van der Waals surface area (Å²) < 4.78 is 0. The SMILES string of the molecule is Cc1cc(CN)nc(C2CCC(C)(C)CC2)n1. The second kappa shape index (κ2) is 4.73. The van der Waals surface area contributed by atoms with Crippen molar-refractivity contribution in [2.24, 2.45) is 11.1 Å². The number of rotatable bonds is 2. The lowest BCUT2D eigenvalue weighted by Crippen LogP contribution is -2.22. The Balaban J connectivity index is 2.15. The molecule has 0 aliphatic heterocycles. The van der Waals surface area contributed by atoms with Crippen molar-refractivity contribution in [2.75, 3.05) is 0 Å². The highest BCUT2D eigenvalue weighted by Gasteiger charge is 2.29. The summed E-state index contributed by atoms with van der Waals surface area (Å²) >= 11 is 0. The summed E-state index contributed by atoms with van der Waals surface area (Å²) in [5.74, 6) is 1.55. The van der Waals surface area contributed by atoms with Crippen molar-refractivity contribution >= 4 is 0 Å². The highest BCUT2D eigenvalue weighted by atomic mass is 14.9. The summed E-state index contributed by atoms with van der Waals surface area (Å²) in [5, 5.41) is 0. The van der Waals surface area contributed by atoms with Crippen LogP contribution in [0, 0.1) is 12.3 Å². The van der Waals surface area contributed by atoms with Gasteiger partial charge in [0.15, 0.2) is 0 Å². The fourth-order valence-electron chi connectivity index (χ4n) is 2.60. The van der Waals surface area contributed by atoms with Crippen LogP contribution in [0.4, 0.5) is 0 Å². The van der Waals surface area contributed by atoms with Crippen molar-refractivity contribution in [3.8, 4) is 0 Å². The van der Waals surface area contributed by atoms with Gasteiger partial charge in [0.1, 0.15) is 5.82 Å². The predicted molar refractivity (Wildman–Crippen MR) is 69.7 cm³/mol. The van der Waals surface area contributed by atoms with Gasteiger partial charge in [0.05, 0.1) is 5.69 Å². The second-order valence-electron chi connectivity index (χ2n) is 6.00. The van der Waals surface area contributed by atoms with E-state index in [1.165, 1.54) is 25.7 Å². The Hall–Kier alpha value is -0.960. The molecule has 1 aromatic rings. The third kappa shape index (κ3) is 3.03. The molecule has 0 atom stereocenters. The molecule has 1 aliphatic carbocycles. The largest absolute Gasteiger partial charge is 0.325 e. The van der Waals surface area contributed by atoms with Crippen molar-refractivity contribution < 1.29 is 0 Å². The zero-order valence-corrected chi connectivity index (χ0v) is 11.2. The maximum Gasteiger partial charge on any atom is 0.131 e. The van der Waals surface area contributed by atoms with E-state index in [0.29, 0.717) is 17.9 Å². The molecule has 0 amide bonds. The molecule has 94 valence electrons. The van der Waals surface area contributed by atoms with Crippen molar-refractivity contribution in [1.82, 2.24) is 9.97 Å². The van der Waals surface area contributed by atoms with E-state index < -0.39 is 0 Å². The quantitative estimate of drug-likeness (QED) is 0.854. The first-order valence-corrected chi connectivity index (χ1v) is 6.55. The summed E-state index contributed by atoms with van der Waals surface area (Å²) in [6.07, 6.45) is 4.96. The van der Waals surface area contributed by atoms with Crippen LogP contribution in [0.1, 0.15) is 62.7 Å². The molecule has 17 heavy (non-hydrogen) atoms. The first-order chi connectivity index (χ1) is 8.00. The van der Waals surface area contributed by atoms with E-state index in [4.69, 9.17) is 5.73 Å². The van der Waals surface area contributed by atoms with Gasteiger partial charge >= 0.3 is 0 Å². The van der Waals surface area contributed by atoms with Gasteiger partial charge in [-0.25, -0.2) is 9.97 Å². The fourth-order valence-corrected chi connectivity index (χ4v) is 2.60. The van der Waals surface area contributed by atoms with E-state index in [1.54, 1.807) is 0 Å². The Labute approximate surface area is 104 Å². The van der Waals surface area contributed by atoms with Crippen molar-refractivity contribution in [3.05, 3.63) is 23.3 Å². The zero-order valence-electron chi connectivity index (χ0n) is 11.2. The molecule has 0 spiro atoms. The molecule has 2 rings (SSSR count). The van der Waals surface area contributed by atoms with E-state index >= 15 is 0 Å². The topological polar surface area (TPSA) is 51.8 Å². The molecule has 1 heterocycles. The number of hydrogen-bond acceptors (Lipinski definition) is 3. The predicted octanol–water partition coefficient (Wildman–Crippen LogP) is 2.93. The summed E-state index contributed by atoms with van der Waals surface area (Å²) in [6.45, 7) is 7.24. The molecular weight excluding hydrogens is 210 g/mol.